The van der Waals surface area contributed by atoms with Gasteiger partial charge in [-0.25, -0.2) is 0 Å². The van der Waals surface area contributed by atoms with Crippen LogP contribution in [0.1, 0.15) is 61.5 Å². The Morgan fingerprint density at radius 2 is 1.62 bits per heavy atom. The van der Waals surface area contributed by atoms with Gasteiger partial charge in [0.25, 0.3) is 0 Å². The summed E-state index contributed by atoms with van der Waals surface area (Å²) < 4.78 is 6.44. The van der Waals surface area contributed by atoms with Crippen molar-refractivity contribution >= 4 is 0 Å². The Kier molecular flexibility index (Phi) is 5.91. The summed E-state index contributed by atoms with van der Waals surface area (Å²) in [7, 11) is 0. The van der Waals surface area contributed by atoms with Gasteiger partial charge >= 0.3 is 0 Å². The molecule has 0 unspecified atom stereocenters. The van der Waals surface area contributed by atoms with Gasteiger partial charge in [-0.3, -0.25) is 0 Å². The first-order chi connectivity index (χ1) is 12.9. The van der Waals surface area contributed by atoms with E-state index < -0.39 is 0 Å². The standard InChI is InChI=1S/C24H31NO/c1-3-9-19(10-4-1)22-15-16-25-17-21(22)18-26-24-14-8-7-13-23(24)20-11-5-2-6-12-20/h1,3-4,7-10,13-14,20-22,25H,2,5-6,11-12,15-18H2/t21-,22+/m0/s1. The van der Waals surface area contributed by atoms with Crippen molar-refractivity contribution in [2.45, 2.75) is 50.4 Å². The lowest BCUT2D eigenvalue weighted by Crippen LogP contribution is -2.38. The van der Waals surface area contributed by atoms with Crippen LogP contribution in [0.4, 0.5) is 0 Å². The lowest BCUT2D eigenvalue weighted by molar-refractivity contribution is 0.194. The van der Waals surface area contributed by atoms with Gasteiger partial charge in [-0.2, -0.15) is 0 Å². The van der Waals surface area contributed by atoms with Crippen molar-refractivity contribution in [1.82, 2.24) is 5.32 Å². The summed E-state index contributed by atoms with van der Waals surface area (Å²) in [6.07, 6.45) is 7.95. The monoisotopic (exact) mass is 349 g/mol. The molecular weight excluding hydrogens is 318 g/mol. The summed E-state index contributed by atoms with van der Waals surface area (Å²) in [5.74, 6) is 2.94. The van der Waals surface area contributed by atoms with Crippen LogP contribution in [0.2, 0.25) is 0 Å². The van der Waals surface area contributed by atoms with E-state index in [0.717, 1.165) is 25.4 Å². The molecule has 0 aromatic heterocycles. The number of rotatable bonds is 5. The van der Waals surface area contributed by atoms with Gasteiger partial charge in [0, 0.05) is 12.5 Å². The number of hydrogen-bond donors (Lipinski definition) is 1. The molecule has 2 aromatic rings. The molecule has 26 heavy (non-hydrogen) atoms. The van der Waals surface area contributed by atoms with Crippen LogP contribution in [0.15, 0.2) is 54.6 Å². The molecule has 2 aromatic carbocycles. The minimum Gasteiger partial charge on any atom is -0.493 e. The van der Waals surface area contributed by atoms with Gasteiger partial charge in [0.05, 0.1) is 6.61 Å². The van der Waals surface area contributed by atoms with E-state index in [9.17, 15) is 0 Å². The van der Waals surface area contributed by atoms with Crippen molar-refractivity contribution in [2.75, 3.05) is 19.7 Å². The molecule has 0 bridgehead atoms. The average molecular weight is 350 g/mol. The number of nitrogens with one attached hydrogen (secondary N) is 1. The van der Waals surface area contributed by atoms with E-state index in [1.54, 1.807) is 0 Å². The lowest BCUT2D eigenvalue weighted by Gasteiger charge is -2.33. The second-order valence-electron chi connectivity index (χ2n) is 7.95. The van der Waals surface area contributed by atoms with Crippen molar-refractivity contribution in [3.63, 3.8) is 0 Å². The molecule has 1 N–H and O–H groups in total. The average Bonchev–Trinajstić information content (AvgIpc) is 2.74. The van der Waals surface area contributed by atoms with Crippen LogP contribution >= 0.6 is 0 Å². The Bertz CT molecular complexity index is 678. The molecule has 0 radical (unpaired) electrons. The molecule has 1 saturated carbocycles. The summed E-state index contributed by atoms with van der Waals surface area (Å²) in [4.78, 5) is 0. The van der Waals surface area contributed by atoms with E-state index >= 15 is 0 Å². The van der Waals surface area contributed by atoms with E-state index in [-0.39, 0.29) is 0 Å². The Hall–Kier alpha value is -1.80. The predicted octanol–water partition coefficient (Wildman–Crippen LogP) is 5.51. The smallest absolute Gasteiger partial charge is 0.122 e. The largest absolute Gasteiger partial charge is 0.493 e. The summed E-state index contributed by atoms with van der Waals surface area (Å²) in [6, 6.07) is 19.7. The van der Waals surface area contributed by atoms with Gasteiger partial charge in [-0.05, 0) is 54.8 Å². The van der Waals surface area contributed by atoms with Crippen LogP contribution in [0, 0.1) is 5.92 Å². The van der Waals surface area contributed by atoms with Gasteiger partial charge in [0.1, 0.15) is 5.75 Å². The first-order valence-electron chi connectivity index (χ1n) is 10.4. The highest BCUT2D eigenvalue weighted by Crippen LogP contribution is 2.38. The van der Waals surface area contributed by atoms with E-state index in [1.165, 1.54) is 49.7 Å². The Morgan fingerprint density at radius 1 is 0.846 bits per heavy atom. The Morgan fingerprint density at radius 3 is 2.46 bits per heavy atom. The van der Waals surface area contributed by atoms with Crippen molar-refractivity contribution in [3.05, 3.63) is 65.7 Å². The molecule has 138 valence electrons. The third kappa shape index (κ3) is 4.12. The molecule has 1 saturated heterocycles. The molecule has 1 aliphatic heterocycles. The fourth-order valence-corrected chi connectivity index (χ4v) is 4.80. The van der Waals surface area contributed by atoms with Gasteiger partial charge in [-0.15, -0.1) is 0 Å². The molecule has 0 spiro atoms. The first-order valence-corrected chi connectivity index (χ1v) is 10.4. The second kappa shape index (κ2) is 8.73. The van der Waals surface area contributed by atoms with Gasteiger partial charge < -0.3 is 10.1 Å². The molecule has 2 nitrogen and oxygen atoms in total. The lowest BCUT2D eigenvalue weighted by atomic mass is 9.81. The minimum atomic E-state index is 0.533. The molecule has 0 amide bonds. The molecular formula is C24H31NO. The van der Waals surface area contributed by atoms with Crippen LogP contribution < -0.4 is 10.1 Å². The van der Waals surface area contributed by atoms with Crippen molar-refractivity contribution < 1.29 is 4.74 Å². The summed E-state index contributed by atoms with van der Waals surface area (Å²) >= 11 is 0. The summed E-state index contributed by atoms with van der Waals surface area (Å²) in [5.41, 5.74) is 2.90. The van der Waals surface area contributed by atoms with Crippen molar-refractivity contribution in [1.29, 1.82) is 0 Å². The topological polar surface area (TPSA) is 21.3 Å². The molecule has 2 atom stereocenters. The number of para-hydroxylation sites is 1. The zero-order valence-corrected chi connectivity index (χ0v) is 15.7. The van der Waals surface area contributed by atoms with E-state index in [2.05, 4.69) is 59.9 Å². The maximum Gasteiger partial charge on any atom is 0.122 e. The highest BCUT2D eigenvalue weighted by molar-refractivity contribution is 5.36. The van der Waals surface area contributed by atoms with Crippen LogP contribution in [0.5, 0.6) is 5.75 Å². The third-order valence-corrected chi connectivity index (χ3v) is 6.25. The van der Waals surface area contributed by atoms with Crippen molar-refractivity contribution in [3.8, 4) is 5.75 Å². The highest BCUT2D eigenvalue weighted by Gasteiger charge is 2.27. The Labute approximate surface area is 158 Å². The molecule has 2 heteroatoms. The summed E-state index contributed by atoms with van der Waals surface area (Å²) in [6.45, 7) is 2.95. The predicted molar refractivity (Wildman–Crippen MR) is 108 cm³/mol. The van der Waals surface area contributed by atoms with Gasteiger partial charge in [0.2, 0.25) is 0 Å². The highest BCUT2D eigenvalue weighted by atomic mass is 16.5. The molecule has 2 fully saturated rings. The molecule has 1 heterocycles. The molecule has 1 aliphatic carbocycles. The van der Waals surface area contributed by atoms with Crippen LogP contribution in [0.25, 0.3) is 0 Å². The van der Waals surface area contributed by atoms with Crippen LogP contribution in [-0.4, -0.2) is 19.7 Å². The van der Waals surface area contributed by atoms with E-state index in [1.807, 2.05) is 0 Å². The zero-order chi connectivity index (χ0) is 17.6. The zero-order valence-electron chi connectivity index (χ0n) is 15.7. The Balaban J connectivity index is 1.46. The maximum absolute atomic E-state index is 6.44. The molecule has 4 rings (SSSR count). The van der Waals surface area contributed by atoms with Crippen LogP contribution in [-0.2, 0) is 0 Å². The quantitative estimate of drug-likeness (QED) is 0.769. The van der Waals surface area contributed by atoms with Gasteiger partial charge in [0.15, 0.2) is 0 Å². The van der Waals surface area contributed by atoms with E-state index in [0.29, 0.717) is 17.8 Å². The second-order valence-corrected chi connectivity index (χ2v) is 7.95. The maximum atomic E-state index is 6.44. The SMILES string of the molecule is c1ccc([C@H]2CCNC[C@H]2COc2ccccc2C2CCCCC2)cc1. The third-order valence-electron chi connectivity index (χ3n) is 6.25. The number of hydrogen-bond acceptors (Lipinski definition) is 2. The minimum absolute atomic E-state index is 0.533. The number of ether oxygens (including phenoxy) is 1. The van der Waals surface area contributed by atoms with Gasteiger partial charge in [-0.1, -0.05) is 67.8 Å². The fraction of sp³-hybridized carbons (Fsp3) is 0.500. The normalized spacial score (nSPS) is 24.3. The van der Waals surface area contributed by atoms with Crippen molar-refractivity contribution in [2.24, 2.45) is 5.92 Å². The molecule has 2 aliphatic rings. The number of piperidine rings is 1. The van der Waals surface area contributed by atoms with E-state index in [4.69, 9.17) is 4.74 Å². The van der Waals surface area contributed by atoms with Crippen LogP contribution in [0.3, 0.4) is 0 Å². The summed E-state index contributed by atoms with van der Waals surface area (Å²) in [5, 5.41) is 3.57. The number of benzene rings is 2. The fourth-order valence-electron chi connectivity index (χ4n) is 4.80. The first kappa shape index (κ1) is 17.6.